The van der Waals surface area contributed by atoms with Crippen molar-refractivity contribution in [3.63, 3.8) is 0 Å². The zero-order chi connectivity index (χ0) is 17.1. The molecule has 0 unspecified atom stereocenters. The van der Waals surface area contributed by atoms with Gasteiger partial charge in [-0.3, -0.25) is 9.69 Å². The Morgan fingerprint density at radius 1 is 1.23 bits per heavy atom. The van der Waals surface area contributed by atoms with Crippen molar-refractivity contribution in [3.8, 4) is 11.8 Å². The number of carboxylic acid groups (broad SMARTS) is 2. The van der Waals surface area contributed by atoms with Crippen LogP contribution in [0.3, 0.4) is 0 Å². The molecule has 1 fully saturated rings. The standard InChI is InChI=1S/C12H20N2O2.C2H2O4/c1-11(16)13(2)7-3-4-8-14-9-5-6-12(14)10-15;3-1(4)2(5)6/h12,15H,5-10H2,1-2H3;(H,3,4)(H,5,6)/t12-;/m0./s1. The Labute approximate surface area is 129 Å². The van der Waals surface area contributed by atoms with Crippen molar-refractivity contribution in [1.29, 1.82) is 0 Å². The maximum Gasteiger partial charge on any atom is 0.414 e. The second-order valence-electron chi connectivity index (χ2n) is 4.79. The lowest BCUT2D eigenvalue weighted by atomic mass is 10.2. The zero-order valence-corrected chi connectivity index (χ0v) is 12.8. The van der Waals surface area contributed by atoms with Crippen LogP contribution < -0.4 is 0 Å². The predicted molar refractivity (Wildman–Crippen MR) is 78.0 cm³/mol. The van der Waals surface area contributed by atoms with E-state index in [1.807, 2.05) is 0 Å². The summed E-state index contributed by atoms with van der Waals surface area (Å²) in [6.07, 6.45) is 2.20. The highest BCUT2D eigenvalue weighted by atomic mass is 16.4. The number of aliphatic carboxylic acids is 2. The lowest BCUT2D eigenvalue weighted by Crippen LogP contribution is -2.32. The van der Waals surface area contributed by atoms with Crippen LogP contribution in [0.2, 0.25) is 0 Å². The summed E-state index contributed by atoms with van der Waals surface area (Å²) < 4.78 is 0. The van der Waals surface area contributed by atoms with Gasteiger partial charge >= 0.3 is 11.9 Å². The number of rotatable bonds is 3. The molecule has 1 saturated heterocycles. The number of amides is 1. The lowest BCUT2D eigenvalue weighted by molar-refractivity contribution is -0.159. The van der Waals surface area contributed by atoms with Crippen molar-refractivity contribution in [2.24, 2.45) is 0 Å². The molecule has 3 N–H and O–H groups in total. The van der Waals surface area contributed by atoms with Gasteiger partial charge in [-0.05, 0) is 19.4 Å². The molecule has 1 amide bonds. The third kappa shape index (κ3) is 8.24. The monoisotopic (exact) mass is 314 g/mol. The molecular formula is C14H22N2O6. The number of carbonyl (C=O) groups excluding carboxylic acids is 1. The quantitative estimate of drug-likeness (QED) is 0.455. The van der Waals surface area contributed by atoms with E-state index in [2.05, 4.69) is 16.7 Å². The van der Waals surface area contributed by atoms with E-state index in [4.69, 9.17) is 24.9 Å². The van der Waals surface area contributed by atoms with E-state index in [1.165, 1.54) is 6.92 Å². The van der Waals surface area contributed by atoms with Gasteiger partial charge in [0.1, 0.15) is 0 Å². The number of carboxylic acids is 2. The van der Waals surface area contributed by atoms with Crippen LogP contribution in [0.1, 0.15) is 19.8 Å². The number of carbonyl (C=O) groups is 3. The van der Waals surface area contributed by atoms with Crippen LogP contribution in [0.25, 0.3) is 0 Å². The summed E-state index contributed by atoms with van der Waals surface area (Å²) in [7, 11) is 1.74. The largest absolute Gasteiger partial charge is 0.473 e. The molecule has 0 aromatic rings. The molecule has 22 heavy (non-hydrogen) atoms. The van der Waals surface area contributed by atoms with Gasteiger partial charge in [0.05, 0.1) is 19.7 Å². The Bertz CT molecular complexity index is 442. The Morgan fingerprint density at radius 3 is 2.27 bits per heavy atom. The minimum Gasteiger partial charge on any atom is -0.473 e. The molecule has 1 atom stereocenters. The van der Waals surface area contributed by atoms with Gasteiger partial charge in [-0.25, -0.2) is 9.59 Å². The van der Waals surface area contributed by atoms with Gasteiger partial charge in [-0.2, -0.15) is 0 Å². The molecular weight excluding hydrogens is 292 g/mol. The van der Waals surface area contributed by atoms with Gasteiger partial charge in [0.15, 0.2) is 0 Å². The highest BCUT2D eigenvalue weighted by molar-refractivity contribution is 6.27. The highest BCUT2D eigenvalue weighted by Crippen LogP contribution is 2.15. The first-order chi connectivity index (χ1) is 10.3. The summed E-state index contributed by atoms with van der Waals surface area (Å²) in [5.41, 5.74) is 0. The van der Waals surface area contributed by atoms with Crippen LogP contribution in [-0.4, -0.2) is 82.3 Å². The molecule has 0 aromatic heterocycles. The van der Waals surface area contributed by atoms with E-state index in [-0.39, 0.29) is 18.6 Å². The fourth-order valence-electron chi connectivity index (χ4n) is 1.75. The number of likely N-dealkylation sites (tertiary alicyclic amines) is 1. The predicted octanol–water partition coefficient (Wildman–Crippen LogP) is -0.920. The first-order valence-electron chi connectivity index (χ1n) is 6.78. The normalized spacial score (nSPS) is 16.8. The summed E-state index contributed by atoms with van der Waals surface area (Å²) in [6, 6.07) is 0.278. The maximum atomic E-state index is 10.9. The molecule has 8 nitrogen and oxygen atoms in total. The Hall–Kier alpha value is -2.11. The molecule has 1 rings (SSSR count). The summed E-state index contributed by atoms with van der Waals surface area (Å²) >= 11 is 0. The molecule has 124 valence electrons. The van der Waals surface area contributed by atoms with Crippen molar-refractivity contribution in [1.82, 2.24) is 9.80 Å². The van der Waals surface area contributed by atoms with Gasteiger partial charge < -0.3 is 20.2 Å². The molecule has 8 heteroatoms. The van der Waals surface area contributed by atoms with E-state index in [0.717, 1.165) is 19.4 Å². The van der Waals surface area contributed by atoms with Crippen LogP contribution in [0.5, 0.6) is 0 Å². The lowest BCUT2D eigenvalue weighted by Gasteiger charge is -2.19. The van der Waals surface area contributed by atoms with E-state index in [1.54, 1.807) is 11.9 Å². The molecule has 1 aliphatic rings. The van der Waals surface area contributed by atoms with Crippen molar-refractivity contribution < 1.29 is 29.7 Å². The third-order valence-electron chi connectivity index (χ3n) is 3.15. The average molecular weight is 314 g/mol. The second-order valence-corrected chi connectivity index (χ2v) is 4.79. The summed E-state index contributed by atoms with van der Waals surface area (Å²) in [5, 5.41) is 23.9. The molecule has 1 heterocycles. The number of hydrogen-bond acceptors (Lipinski definition) is 5. The molecule has 0 spiro atoms. The van der Waals surface area contributed by atoms with Gasteiger partial charge in [0, 0.05) is 20.0 Å². The Kier molecular flexibility index (Phi) is 9.58. The number of nitrogens with zero attached hydrogens (tertiary/aromatic N) is 2. The van der Waals surface area contributed by atoms with Crippen molar-refractivity contribution >= 4 is 17.8 Å². The minimum absolute atomic E-state index is 0.0312. The van der Waals surface area contributed by atoms with Crippen LogP contribution in [-0.2, 0) is 14.4 Å². The van der Waals surface area contributed by atoms with Crippen LogP contribution >= 0.6 is 0 Å². The minimum atomic E-state index is -1.82. The number of aliphatic hydroxyl groups excluding tert-OH is 1. The average Bonchev–Trinajstić information content (AvgIpc) is 2.91. The van der Waals surface area contributed by atoms with E-state index >= 15 is 0 Å². The maximum absolute atomic E-state index is 10.9. The van der Waals surface area contributed by atoms with Crippen LogP contribution in [0.15, 0.2) is 0 Å². The van der Waals surface area contributed by atoms with Crippen LogP contribution in [0.4, 0.5) is 0 Å². The fraction of sp³-hybridized carbons (Fsp3) is 0.643. The Balaban J connectivity index is 0.000000626. The SMILES string of the molecule is CC(=O)N(C)CC#CCN1CCC[C@H]1CO.O=C(O)C(=O)O. The molecule has 0 aliphatic carbocycles. The highest BCUT2D eigenvalue weighted by Gasteiger charge is 2.22. The first kappa shape index (κ1) is 19.9. The molecule has 0 radical (unpaired) electrons. The van der Waals surface area contributed by atoms with E-state index < -0.39 is 11.9 Å². The number of aliphatic hydroxyl groups is 1. The number of hydrogen-bond donors (Lipinski definition) is 3. The molecule has 0 bridgehead atoms. The van der Waals surface area contributed by atoms with E-state index in [0.29, 0.717) is 13.1 Å². The van der Waals surface area contributed by atoms with Crippen LogP contribution in [0, 0.1) is 11.8 Å². The molecule has 0 aromatic carbocycles. The summed E-state index contributed by atoms with van der Waals surface area (Å²) in [5.74, 6) is 2.40. The van der Waals surface area contributed by atoms with Gasteiger partial charge in [0.2, 0.25) is 5.91 Å². The van der Waals surface area contributed by atoms with Crippen molar-refractivity contribution in [2.45, 2.75) is 25.8 Å². The van der Waals surface area contributed by atoms with E-state index in [9.17, 15) is 4.79 Å². The topological polar surface area (TPSA) is 118 Å². The summed E-state index contributed by atoms with van der Waals surface area (Å²) in [4.78, 5) is 32.9. The Morgan fingerprint density at radius 2 is 1.82 bits per heavy atom. The first-order valence-corrected chi connectivity index (χ1v) is 6.78. The van der Waals surface area contributed by atoms with Gasteiger partial charge in [-0.1, -0.05) is 11.8 Å². The second kappa shape index (κ2) is 10.6. The van der Waals surface area contributed by atoms with Gasteiger partial charge in [-0.15, -0.1) is 0 Å². The van der Waals surface area contributed by atoms with Crippen molar-refractivity contribution in [3.05, 3.63) is 0 Å². The zero-order valence-electron chi connectivity index (χ0n) is 12.8. The van der Waals surface area contributed by atoms with Gasteiger partial charge in [0.25, 0.3) is 0 Å². The molecule has 1 aliphatic heterocycles. The third-order valence-corrected chi connectivity index (χ3v) is 3.15. The molecule has 0 saturated carbocycles. The smallest absolute Gasteiger partial charge is 0.414 e. The summed E-state index contributed by atoms with van der Waals surface area (Å²) in [6.45, 7) is 3.94. The van der Waals surface area contributed by atoms with Crippen molar-refractivity contribution in [2.75, 3.05) is 33.3 Å². The fourth-order valence-corrected chi connectivity index (χ4v) is 1.75.